The van der Waals surface area contributed by atoms with Gasteiger partial charge in [-0.05, 0) is 12.1 Å². The molecule has 0 spiro atoms. The molecule has 0 aliphatic carbocycles. The van der Waals surface area contributed by atoms with Crippen LogP contribution in [0.15, 0.2) is 22.8 Å². The highest BCUT2D eigenvalue weighted by Crippen LogP contribution is 2.25. The Morgan fingerprint density at radius 2 is 2.18 bits per heavy atom. The van der Waals surface area contributed by atoms with Gasteiger partial charge in [0.25, 0.3) is 0 Å². The molecule has 1 aromatic heterocycles. The highest BCUT2D eigenvalue weighted by Gasteiger charge is 2.40. The van der Waals surface area contributed by atoms with Crippen LogP contribution in [-0.4, -0.2) is 68.7 Å². The van der Waals surface area contributed by atoms with Crippen molar-refractivity contribution in [2.75, 3.05) is 39.0 Å². The van der Waals surface area contributed by atoms with E-state index in [9.17, 15) is 13.2 Å². The van der Waals surface area contributed by atoms with E-state index in [4.69, 9.17) is 9.15 Å². The van der Waals surface area contributed by atoms with E-state index in [2.05, 4.69) is 0 Å². The predicted molar refractivity (Wildman–Crippen MR) is 78.6 cm³/mol. The molecule has 0 bridgehead atoms. The molecule has 2 saturated heterocycles. The summed E-state index contributed by atoms with van der Waals surface area (Å²) in [5.74, 6) is 0.645. The van der Waals surface area contributed by atoms with E-state index >= 15 is 0 Å². The first-order valence-corrected chi connectivity index (χ1v) is 9.15. The van der Waals surface area contributed by atoms with Crippen LogP contribution in [0, 0.1) is 5.92 Å². The third-order valence-electron chi connectivity index (χ3n) is 4.22. The van der Waals surface area contributed by atoms with Crippen LogP contribution in [-0.2, 0) is 26.0 Å². The van der Waals surface area contributed by atoms with E-state index in [0.29, 0.717) is 38.5 Å². The number of carbonyl (C=O) groups is 1. The standard InChI is InChI=1S/C14H20N2O5S/c1-22(18,19)16-4-6-21-13-10-15(8-11(13)9-16)14(17)7-12-3-2-5-20-12/h2-3,5,11,13H,4,6-10H2,1H3/t11-,13-/m0/s1. The Bertz CT molecular complexity index is 628. The first-order valence-electron chi connectivity index (χ1n) is 7.30. The minimum absolute atomic E-state index is 0.0162. The van der Waals surface area contributed by atoms with E-state index in [-0.39, 0.29) is 24.3 Å². The Morgan fingerprint density at radius 1 is 1.36 bits per heavy atom. The second kappa shape index (κ2) is 6.02. The van der Waals surface area contributed by atoms with Crippen molar-refractivity contribution in [1.82, 2.24) is 9.21 Å². The molecule has 0 aromatic carbocycles. The molecular formula is C14H20N2O5S. The molecular weight excluding hydrogens is 308 g/mol. The van der Waals surface area contributed by atoms with E-state index in [0.717, 1.165) is 0 Å². The quantitative estimate of drug-likeness (QED) is 0.777. The second-order valence-electron chi connectivity index (χ2n) is 5.85. The molecule has 2 fully saturated rings. The van der Waals surface area contributed by atoms with Gasteiger partial charge in [0.05, 0.1) is 31.7 Å². The molecule has 2 aliphatic heterocycles. The maximum absolute atomic E-state index is 12.3. The van der Waals surface area contributed by atoms with Gasteiger partial charge in [-0.25, -0.2) is 8.42 Å². The van der Waals surface area contributed by atoms with Gasteiger partial charge < -0.3 is 14.1 Å². The van der Waals surface area contributed by atoms with E-state index in [1.54, 1.807) is 23.3 Å². The lowest BCUT2D eigenvalue weighted by Crippen LogP contribution is -2.37. The van der Waals surface area contributed by atoms with Crippen LogP contribution in [0.3, 0.4) is 0 Å². The maximum Gasteiger partial charge on any atom is 0.230 e. The lowest BCUT2D eigenvalue weighted by molar-refractivity contribution is -0.130. The molecule has 122 valence electrons. The topological polar surface area (TPSA) is 80.1 Å². The van der Waals surface area contributed by atoms with Crippen LogP contribution in [0.2, 0.25) is 0 Å². The molecule has 1 amide bonds. The first-order chi connectivity index (χ1) is 10.4. The predicted octanol–water partition coefficient (Wildman–Crippen LogP) is -0.0591. The van der Waals surface area contributed by atoms with Crippen molar-refractivity contribution >= 4 is 15.9 Å². The van der Waals surface area contributed by atoms with Gasteiger partial charge in [0, 0.05) is 32.1 Å². The van der Waals surface area contributed by atoms with Crippen molar-refractivity contribution in [3.05, 3.63) is 24.2 Å². The zero-order valence-electron chi connectivity index (χ0n) is 12.5. The number of amides is 1. The van der Waals surface area contributed by atoms with Crippen molar-refractivity contribution in [3.8, 4) is 0 Å². The summed E-state index contributed by atoms with van der Waals surface area (Å²) in [7, 11) is -3.23. The van der Waals surface area contributed by atoms with Gasteiger partial charge in [-0.2, -0.15) is 4.31 Å². The van der Waals surface area contributed by atoms with Gasteiger partial charge in [-0.15, -0.1) is 0 Å². The molecule has 22 heavy (non-hydrogen) atoms. The largest absolute Gasteiger partial charge is 0.469 e. The third kappa shape index (κ3) is 3.34. The summed E-state index contributed by atoms with van der Waals surface area (Å²) in [6.45, 7) is 2.20. The number of ether oxygens (including phenoxy) is 1. The van der Waals surface area contributed by atoms with Gasteiger partial charge in [0.15, 0.2) is 0 Å². The monoisotopic (exact) mass is 328 g/mol. The fourth-order valence-corrected chi connectivity index (χ4v) is 3.91. The highest BCUT2D eigenvalue weighted by atomic mass is 32.2. The van der Waals surface area contributed by atoms with Crippen LogP contribution < -0.4 is 0 Å². The number of hydrogen-bond donors (Lipinski definition) is 0. The van der Waals surface area contributed by atoms with Gasteiger partial charge in [-0.1, -0.05) is 0 Å². The fourth-order valence-electron chi connectivity index (χ4n) is 3.04. The Balaban J connectivity index is 1.64. The second-order valence-corrected chi connectivity index (χ2v) is 7.83. The van der Waals surface area contributed by atoms with Crippen LogP contribution in [0.1, 0.15) is 5.76 Å². The molecule has 0 radical (unpaired) electrons. The van der Waals surface area contributed by atoms with Crippen LogP contribution in [0.4, 0.5) is 0 Å². The SMILES string of the molecule is CS(=O)(=O)N1CCO[C@H]2CN(C(=O)Cc3ccco3)C[C@H]2C1. The van der Waals surface area contributed by atoms with E-state index in [1.807, 2.05) is 0 Å². The van der Waals surface area contributed by atoms with Gasteiger partial charge >= 0.3 is 0 Å². The van der Waals surface area contributed by atoms with Crippen molar-refractivity contribution < 1.29 is 22.4 Å². The zero-order valence-corrected chi connectivity index (χ0v) is 13.3. The molecule has 0 unspecified atom stereocenters. The summed E-state index contributed by atoms with van der Waals surface area (Å²) < 4.78 is 35.8. The minimum Gasteiger partial charge on any atom is -0.469 e. The zero-order chi connectivity index (χ0) is 15.7. The Hall–Kier alpha value is -1.38. The number of nitrogens with zero attached hydrogens (tertiary/aromatic N) is 2. The lowest BCUT2D eigenvalue weighted by atomic mass is 10.1. The number of sulfonamides is 1. The van der Waals surface area contributed by atoms with Crippen LogP contribution in [0.5, 0.6) is 0 Å². The number of rotatable bonds is 3. The molecule has 3 heterocycles. The van der Waals surface area contributed by atoms with Crippen molar-refractivity contribution in [2.45, 2.75) is 12.5 Å². The number of fused-ring (bicyclic) bond motifs is 1. The average molecular weight is 328 g/mol. The summed E-state index contributed by atoms with van der Waals surface area (Å²) in [5.41, 5.74) is 0. The number of hydrogen-bond acceptors (Lipinski definition) is 5. The summed E-state index contributed by atoms with van der Waals surface area (Å²) in [5, 5.41) is 0. The Morgan fingerprint density at radius 3 is 2.86 bits per heavy atom. The fraction of sp³-hybridized carbons (Fsp3) is 0.643. The minimum atomic E-state index is -3.23. The number of carbonyl (C=O) groups excluding carboxylic acids is 1. The van der Waals surface area contributed by atoms with Crippen molar-refractivity contribution in [2.24, 2.45) is 5.92 Å². The Kier molecular flexibility index (Phi) is 4.24. The van der Waals surface area contributed by atoms with Gasteiger partial charge in [0.2, 0.25) is 15.9 Å². The maximum atomic E-state index is 12.3. The van der Waals surface area contributed by atoms with Crippen molar-refractivity contribution in [3.63, 3.8) is 0 Å². The van der Waals surface area contributed by atoms with E-state index in [1.165, 1.54) is 10.6 Å². The number of likely N-dealkylation sites (tertiary alicyclic amines) is 1. The summed E-state index contributed by atoms with van der Waals surface area (Å²) in [6.07, 6.45) is 2.89. The molecule has 1 aromatic rings. The first kappa shape index (κ1) is 15.5. The van der Waals surface area contributed by atoms with Crippen molar-refractivity contribution in [1.29, 1.82) is 0 Å². The lowest BCUT2D eigenvalue weighted by Gasteiger charge is -2.21. The van der Waals surface area contributed by atoms with E-state index < -0.39 is 10.0 Å². The molecule has 7 nitrogen and oxygen atoms in total. The Labute approximate surface area is 129 Å². The smallest absolute Gasteiger partial charge is 0.230 e. The molecule has 8 heteroatoms. The highest BCUT2D eigenvalue weighted by molar-refractivity contribution is 7.88. The van der Waals surface area contributed by atoms with Gasteiger partial charge in [0.1, 0.15) is 5.76 Å². The molecule has 0 saturated carbocycles. The van der Waals surface area contributed by atoms with Crippen LogP contribution >= 0.6 is 0 Å². The van der Waals surface area contributed by atoms with Gasteiger partial charge in [-0.3, -0.25) is 4.79 Å². The summed E-state index contributed by atoms with van der Waals surface area (Å²) >= 11 is 0. The molecule has 0 N–H and O–H groups in total. The normalized spacial score (nSPS) is 26.7. The molecule has 2 atom stereocenters. The number of furan rings is 1. The average Bonchev–Trinajstić information content (AvgIpc) is 3.03. The third-order valence-corrected chi connectivity index (χ3v) is 5.49. The summed E-state index contributed by atoms with van der Waals surface area (Å²) in [4.78, 5) is 14.0. The molecule has 3 rings (SSSR count). The van der Waals surface area contributed by atoms with Crippen LogP contribution in [0.25, 0.3) is 0 Å². The molecule has 2 aliphatic rings. The summed E-state index contributed by atoms with van der Waals surface area (Å²) in [6, 6.07) is 3.53.